The van der Waals surface area contributed by atoms with Crippen LogP contribution in [0.15, 0.2) is 33.6 Å². The van der Waals surface area contributed by atoms with Gasteiger partial charge in [-0.05, 0) is 37.1 Å². The summed E-state index contributed by atoms with van der Waals surface area (Å²) in [5.74, 6) is 0. The lowest BCUT2D eigenvalue weighted by atomic mass is 9.93. The molecule has 0 bridgehead atoms. The van der Waals surface area contributed by atoms with E-state index in [4.69, 9.17) is 5.73 Å². The van der Waals surface area contributed by atoms with E-state index in [1.54, 1.807) is 24.3 Å². The van der Waals surface area contributed by atoms with Crippen LogP contribution in [0.1, 0.15) is 12.8 Å². The Morgan fingerprint density at radius 3 is 2.20 bits per heavy atom. The molecule has 2 N–H and O–H groups in total. The van der Waals surface area contributed by atoms with E-state index in [1.807, 2.05) is 0 Å². The Hall–Kier alpha value is -0.390. The number of hydrogen-bond donors (Lipinski definition) is 1. The Bertz CT molecular complexity index is 449. The third-order valence-corrected chi connectivity index (χ3v) is 5.43. The molecule has 1 aliphatic carbocycles. The van der Waals surface area contributed by atoms with E-state index in [9.17, 15) is 8.42 Å². The normalized spacial score (nSPS) is 26.0. The molecule has 1 aromatic rings. The fourth-order valence-corrected chi connectivity index (χ4v) is 3.84. The van der Waals surface area contributed by atoms with Crippen LogP contribution in [-0.4, -0.2) is 19.7 Å². The first-order valence-corrected chi connectivity index (χ1v) is 7.09. The lowest BCUT2D eigenvalue weighted by Gasteiger charge is -2.31. The van der Waals surface area contributed by atoms with Crippen molar-refractivity contribution in [3.05, 3.63) is 28.7 Å². The average Bonchev–Trinajstić information content (AvgIpc) is 2.13. The summed E-state index contributed by atoms with van der Waals surface area (Å²) in [4.78, 5) is 0.391. The standard InChI is InChI=1S/C10H12BrNO2S/c11-7-1-3-9(4-2-7)15(13,14)10-5-8(12)6-10/h1-4,8,10H,5-6,12H2. The van der Waals surface area contributed by atoms with Crippen molar-refractivity contribution in [3.8, 4) is 0 Å². The van der Waals surface area contributed by atoms with Crippen LogP contribution < -0.4 is 5.73 Å². The Kier molecular flexibility index (Phi) is 2.87. The maximum atomic E-state index is 12.0. The van der Waals surface area contributed by atoms with Gasteiger partial charge in [0, 0.05) is 10.5 Å². The van der Waals surface area contributed by atoms with Gasteiger partial charge >= 0.3 is 0 Å². The molecule has 0 unspecified atom stereocenters. The summed E-state index contributed by atoms with van der Waals surface area (Å²) in [5, 5.41) is -0.284. The summed E-state index contributed by atoms with van der Waals surface area (Å²) in [6, 6.07) is 6.80. The quantitative estimate of drug-likeness (QED) is 0.902. The van der Waals surface area contributed by atoms with Crippen LogP contribution in [0.2, 0.25) is 0 Å². The van der Waals surface area contributed by atoms with Gasteiger partial charge in [0.1, 0.15) is 0 Å². The second-order valence-corrected chi connectivity index (χ2v) is 7.00. The molecule has 0 aromatic heterocycles. The molecule has 1 saturated carbocycles. The van der Waals surface area contributed by atoms with Crippen LogP contribution in [0.4, 0.5) is 0 Å². The van der Waals surface area contributed by atoms with E-state index >= 15 is 0 Å². The maximum absolute atomic E-state index is 12.0. The molecular formula is C10H12BrNO2S. The topological polar surface area (TPSA) is 60.2 Å². The molecule has 1 aromatic carbocycles. The minimum atomic E-state index is -3.15. The fourth-order valence-electron chi connectivity index (χ4n) is 1.68. The molecule has 0 amide bonds. The van der Waals surface area contributed by atoms with Crippen LogP contribution in [0.3, 0.4) is 0 Å². The van der Waals surface area contributed by atoms with Gasteiger partial charge in [-0.3, -0.25) is 0 Å². The first-order chi connectivity index (χ1) is 7.00. The summed E-state index contributed by atoms with van der Waals surface area (Å²) in [5.41, 5.74) is 5.60. The second kappa shape index (κ2) is 3.88. The van der Waals surface area contributed by atoms with Crippen molar-refractivity contribution in [2.24, 2.45) is 5.73 Å². The van der Waals surface area contributed by atoms with E-state index in [-0.39, 0.29) is 11.3 Å². The van der Waals surface area contributed by atoms with Crippen molar-refractivity contribution in [2.75, 3.05) is 0 Å². The van der Waals surface area contributed by atoms with E-state index in [2.05, 4.69) is 15.9 Å². The monoisotopic (exact) mass is 289 g/mol. The predicted octanol–water partition coefficient (Wildman–Crippen LogP) is 1.71. The molecule has 2 rings (SSSR count). The molecule has 3 nitrogen and oxygen atoms in total. The number of rotatable bonds is 2. The summed E-state index contributed by atoms with van der Waals surface area (Å²) in [7, 11) is -3.15. The maximum Gasteiger partial charge on any atom is 0.181 e. The van der Waals surface area contributed by atoms with Gasteiger partial charge in [-0.25, -0.2) is 8.42 Å². The van der Waals surface area contributed by atoms with Gasteiger partial charge in [0.05, 0.1) is 10.1 Å². The van der Waals surface area contributed by atoms with Gasteiger partial charge in [-0.2, -0.15) is 0 Å². The van der Waals surface area contributed by atoms with Crippen LogP contribution in [0, 0.1) is 0 Å². The van der Waals surface area contributed by atoms with Crippen LogP contribution >= 0.6 is 15.9 Å². The van der Waals surface area contributed by atoms with E-state index in [1.165, 1.54) is 0 Å². The molecule has 1 aliphatic rings. The molecule has 0 aliphatic heterocycles. The Morgan fingerprint density at radius 2 is 1.73 bits per heavy atom. The molecule has 0 spiro atoms. The molecule has 15 heavy (non-hydrogen) atoms. The van der Waals surface area contributed by atoms with Crippen molar-refractivity contribution in [3.63, 3.8) is 0 Å². The van der Waals surface area contributed by atoms with Gasteiger partial charge < -0.3 is 5.73 Å². The Morgan fingerprint density at radius 1 is 1.20 bits per heavy atom. The summed E-state index contributed by atoms with van der Waals surface area (Å²) < 4.78 is 24.9. The van der Waals surface area contributed by atoms with Gasteiger partial charge in [-0.15, -0.1) is 0 Å². The molecule has 5 heteroatoms. The zero-order chi connectivity index (χ0) is 11.1. The number of sulfone groups is 1. The molecular weight excluding hydrogens is 278 g/mol. The summed E-state index contributed by atoms with van der Waals surface area (Å²) >= 11 is 3.28. The smallest absolute Gasteiger partial charge is 0.181 e. The zero-order valence-corrected chi connectivity index (χ0v) is 10.5. The van der Waals surface area contributed by atoms with Crippen molar-refractivity contribution in [1.82, 2.24) is 0 Å². The van der Waals surface area contributed by atoms with Crippen molar-refractivity contribution >= 4 is 25.8 Å². The highest BCUT2D eigenvalue weighted by atomic mass is 79.9. The number of halogens is 1. The summed E-state index contributed by atoms with van der Waals surface area (Å²) in [6.07, 6.45) is 1.16. The third-order valence-electron chi connectivity index (χ3n) is 2.71. The molecule has 0 saturated heterocycles. The summed E-state index contributed by atoms with van der Waals surface area (Å²) in [6.45, 7) is 0. The molecule has 0 atom stereocenters. The van der Waals surface area contributed by atoms with Crippen molar-refractivity contribution in [2.45, 2.75) is 29.0 Å². The minimum absolute atomic E-state index is 0.0558. The van der Waals surface area contributed by atoms with Gasteiger partial charge in [0.2, 0.25) is 0 Å². The van der Waals surface area contributed by atoms with Crippen molar-refractivity contribution < 1.29 is 8.42 Å². The lowest BCUT2D eigenvalue weighted by molar-refractivity contribution is 0.409. The van der Waals surface area contributed by atoms with Crippen molar-refractivity contribution in [1.29, 1.82) is 0 Å². The zero-order valence-electron chi connectivity index (χ0n) is 8.06. The first kappa shape index (κ1) is 11.1. The van der Waals surface area contributed by atoms with Crippen LogP contribution in [0.25, 0.3) is 0 Å². The molecule has 0 heterocycles. The largest absolute Gasteiger partial charge is 0.328 e. The second-order valence-electron chi connectivity index (χ2n) is 3.85. The first-order valence-electron chi connectivity index (χ1n) is 4.75. The Balaban J connectivity index is 2.26. The molecule has 0 radical (unpaired) electrons. The fraction of sp³-hybridized carbons (Fsp3) is 0.400. The highest BCUT2D eigenvalue weighted by Crippen LogP contribution is 2.30. The molecule has 1 fully saturated rings. The average molecular weight is 290 g/mol. The minimum Gasteiger partial charge on any atom is -0.328 e. The van der Waals surface area contributed by atoms with Crippen LogP contribution in [-0.2, 0) is 9.84 Å². The third kappa shape index (κ3) is 2.09. The number of benzene rings is 1. The van der Waals surface area contributed by atoms with Gasteiger partial charge in [-0.1, -0.05) is 15.9 Å². The Labute approximate surface area is 97.7 Å². The van der Waals surface area contributed by atoms with Crippen LogP contribution in [0.5, 0.6) is 0 Å². The van der Waals surface area contributed by atoms with Gasteiger partial charge in [0.25, 0.3) is 0 Å². The van der Waals surface area contributed by atoms with E-state index in [0.717, 1.165) is 4.47 Å². The predicted molar refractivity (Wildman–Crippen MR) is 62.3 cm³/mol. The highest BCUT2D eigenvalue weighted by Gasteiger charge is 2.37. The number of nitrogens with two attached hydrogens (primary N) is 1. The molecule has 82 valence electrons. The SMILES string of the molecule is NC1CC(S(=O)(=O)c2ccc(Br)cc2)C1. The number of hydrogen-bond acceptors (Lipinski definition) is 3. The lowest BCUT2D eigenvalue weighted by Crippen LogP contribution is -2.44. The van der Waals surface area contributed by atoms with E-state index < -0.39 is 9.84 Å². The highest BCUT2D eigenvalue weighted by molar-refractivity contribution is 9.10. The van der Waals surface area contributed by atoms with E-state index in [0.29, 0.717) is 17.7 Å². The van der Waals surface area contributed by atoms with Gasteiger partial charge in [0.15, 0.2) is 9.84 Å².